The fourth-order valence-electron chi connectivity index (χ4n) is 3.47. The number of nitrogens with zero attached hydrogens (tertiary/aromatic N) is 2. The minimum atomic E-state index is -5.46. The van der Waals surface area contributed by atoms with Gasteiger partial charge in [-0.25, -0.2) is 8.42 Å². The van der Waals surface area contributed by atoms with Crippen molar-refractivity contribution in [3.8, 4) is 17.0 Å². The first kappa shape index (κ1) is 21.5. The van der Waals surface area contributed by atoms with E-state index in [9.17, 15) is 21.6 Å². The number of piperidine rings is 1. The summed E-state index contributed by atoms with van der Waals surface area (Å²) in [5.41, 5.74) is -2.95. The van der Waals surface area contributed by atoms with E-state index in [-0.39, 0.29) is 5.75 Å². The van der Waals surface area contributed by atoms with Gasteiger partial charge in [0.1, 0.15) is 5.75 Å². The zero-order valence-electron chi connectivity index (χ0n) is 16.1. The zero-order chi connectivity index (χ0) is 21.2. The van der Waals surface area contributed by atoms with E-state index < -0.39 is 20.2 Å². The molecule has 1 fully saturated rings. The molecule has 10 heteroatoms. The molecule has 1 aliphatic rings. The van der Waals surface area contributed by atoms with E-state index in [1.165, 1.54) is 13.2 Å². The molecule has 3 rings (SSSR count). The average Bonchev–Trinajstić information content (AvgIpc) is 2.67. The van der Waals surface area contributed by atoms with Crippen molar-refractivity contribution in [2.45, 2.75) is 36.6 Å². The number of methoxy groups -OCH3 is 1. The van der Waals surface area contributed by atoms with Crippen LogP contribution in [0.25, 0.3) is 11.3 Å². The first-order valence-electron chi connectivity index (χ1n) is 9.17. The normalized spacial score (nSPS) is 17.9. The summed E-state index contributed by atoms with van der Waals surface area (Å²) < 4.78 is 66.9. The van der Waals surface area contributed by atoms with Gasteiger partial charge in [-0.15, -0.1) is 5.10 Å². The molecule has 0 saturated carbocycles. The predicted molar refractivity (Wildman–Crippen MR) is 101 cm³/mol. The van der Waals surface area contributed by atoms with Crippen LogP contribution in [0.5, 0.6) is 5.75 Å². The number of alkyl halides is 3. The van der Waals surface area contributed by atoms with Crippen LogP contribution in [0.2, 0.25) is 0 Å². The highest BCUT2D eigenvalue weighted by atomic mass is 32.2. The maximum atomic E-state index is 12.8. The van der Waals surface area contributed by atoms with E-state index in [0.29, 0.717) is 17.2 Å². The highest BCUT2D eigenvalue weighted by Gasteiger charge is 2.47. The van der Waals surface area contributed by atoms with Gasteiger partial charge in [-0.1, -0.05) is 0 Å². The Morgan fingerprint density at radius 3 is 2.59 bits per heavy atom. The first-order chi connectivity index (χ1) is 13.6. The second-order valence-electron chi connectivity index (χ2n) is 7.10. The SMILES string of the molecule is COc1cc(S(=O)(=O)C(F)(F)F)ccc1-c1nnc(C[C@@H]2CCCNC2)cc1C. The van der Waals surface area contributed by atoms with Gasteiger partial charge in [0.15, 0.2) is 0 Å². The summed E-state index contributed by atoms with van der Waals surface area (Å²) in [7, 11) is -4.20. The van der Waals surface area contributed by atoms with Crippen LogP contribution in [0, 0.1) is 12.8 Å². The Kier molecular flexibility index (Phi) is 6.13. The summed E-state index contributed by atoms with van der Waals surface area (Å²) in [6, 6.07) is 4.93. The summed E-state index contributed by atoms with van der Waals surface area (Å²) in [6.07, 6.45) is 3.04. The molecule has 0 bridgehead atoms. The zero-order valence-corrected chi connectivity index (χ0v) is 16.9. The molecule has 2 aromatic rings. The van der Waals surface area contributed by atoms with Crippen LogP contribution < -0.4 is 10.1 Å². The summed E-state index contributed by atoms with van der Waals surface area (Å²) >= 11 is 0. The summed E-state index contributed by atoms with van der Waals surface area (Å²) in [6.45, 7) is 3.79. The lowest BCUT2D eigenvalue weighted by Crippen LogP contribution is -2.31. The number of hydrogen-bond acceptors (Lipinski definition) is 6. The number of rotatable bonds is 5. The van der Waals surface area contributed by atoms with Gasteiger partial charge < -0.3 is 10.1 Å². The fraction of sp³-hybridized carbons (Fsp3) is 0.474. The first-order valence-corrected chi connectivity index (χ1v) is 10.7. The molecule has 0 unspecified atom stereocenters. The van der Waals surface area contributed by atoms with Crippen molar-refractivity contribution in [2.24, 2.45) is 5.92 Å². The molecule has 1 aromatic carbocycles. The van der Waals surface area contributed by atoms with E-state index >= 15 is 0 Å². The molecule has 1 saturated heterocycles. The van der Waals surface area contributed by atoms with Gasteiger partial charge in [0, 0.05) is 5.56 Å². The predicted octanol–water partition coefficient (Wildman–Crippen LogP) is 3.30. The van der Waals surface area contributed by atoms with Gasteiger partial charge in [-0.2, -0.15) is 18.3 Å². The van der Waals surface area contributed by atoms with E-state index in [2.05, 4.69) is 15.5 Å². The van der Waals surface area contributed by atoms with Crippen molar-refractivity contribution >= 4 is 9.84 Å². The number of aryl methyl sites for hydroxylation is 1. The maximum Gasteiger partial charge on any atom is 0.501 e. The Morgan fingerprint density at radius 1 is 1.24 bits per heavy atom. The Bertz CT molecular complexity index is 988. The lowest BCUT2D eigenvalue weighted by molar-refractivity contribution is -0.0436. The Balaban J connectivity index is 1.92. The van der Waals surface area contributed by atoms with Gasteiger partial charge in [0.2, 0.25) is 0 Å². The van der Waals surface area contributed by atoms with Crippen molar-refractivity contribution in [3.05, 3.63) is 35.5 Å². The van der Waals surface area contributed by atoms with Crippen LogP contribution in [0.1, 0.15) is 24.1 Å². The van der Waals surface area contributed by atoms with Crippen LogP contribution in [0.3, 0.4) is 0 Å². The minimum absolute atomic E-state index is 0.0167. The van der Waals surface area contributed by atoms with Gasteiger partial charge in [-0.3, -0.25) is 0 Å². The van der Waals surface area contributed by atoms with Crippen molar-refractivity contribution in [3.63, 3.8) is 0 Å². The van der Waals surface area contributed by atoms with Gasteiger partial charge in [0.25, 0.3) is 9.84 Å². The summed E-state index contributed by atoms with van der Waals surface area (Å²) in [5.74, 6) is 0.474. The molecular weight excluding hydrogens is 407 g/mol. The third-order valence-electron chi connectivity index (χ3n) is 4.97. The molecule has 1 aliphatic heterocycles. The number of hydrogen-bond donors (Lipinski definition) is 1. The van der Waals surface area contributed by atoms with Crippen molar-refractivity contribution < 1.29 is 26.3 Å². The second-order valence-corrected chi connectivity index (χ2v) is 9.04. The minimum Gasteiger partial charge on any atom is -0.496 e. The van der Waals surface area contributed by atoms with E-state index in [1.807, 2.05) is 13.0 Å². The Labute approximate surface area is 167 Å². The molecule has 6 nitrogen and oxygen atoms in total. The molecule has 1 aromatic heterocycles. The van der Waals surface area contributed by atoms with Crippen molar-refractivity contribution in [1.82, 2.24) is 15.5 Å². The highest BCUT2D eigenvalue weighted by Crippen LogP contribution is 2.37. The van der Waals surface area contributed by atoms with Gasteiger partial charge in [-0.05, 0) is 75.0 Å². The molecule has 2 heterocycles. The highest BCUT2D eigenvalue weighted by molar-refractivity contribution is 7.92. The molecule has 0 radical (unpaired) electrons. The van der Waals surface area contributed by atoms with Crippen LogP contribution in [0.15, 0.2) is 29.2 Å². The third kappa shape index (κ3) is 4.53. The molecule has 158 valence electrons. The molecule has 0 aliphatic carbocycles. The smallest absolute Gasteiger partial charge is 0.496 e. The summed E-state index contributed by atoms with van der Waals surface area (Å²) in [4.78, 5) is -0.877. The summed E-state index contributed by atoms with van der Waals surface area (Å²) in [5, 5.41) is 11.9. The third-order valence-corrected chi connectivity index (χ3v) is 6.46. The van der Waals surface area contributed by atoms with Gasteiger partial charge >= 0.3 is 5.51 Å². The van der Waals surface area contributed by atoms with Crippen molar-refractivity contribution in [2.75, 3.05) is 20.2 Å². The fourth-order valence-corrected chi connectivity index (χ4v) is 4.24. The molecule has 1 atom stereocenters. The van der Waals surface area contributed by atoms with E-state index in [1.54, 1.807) is 0 Å². The number of aromatic nitrogens is 2. The van der Waals surface area contributed by atoms with Crippen molar-refractivity contribution in [1.29, 1.82) is 0 Å². The van der Waals surface area contributed by atoms with Crippen LogP contribution in [-0.4, -0.2) is 44.3 Å². The quantitative estimate of drug-likeness (QED) is 0.786. The molecule has 29 heavy (non-hydrogen) atoms. The molecular formula is C19H22F3N3O3S. The van der Waals surface area contributed by atoms with E-state index in [4.69, 9.17) is 4.74 Å². The average molecular weight is 429 g/mol. The van der Waals surface area contributed by atoms with Crippen LogP contribution in [0.4, 0.5) is 13.2 Å². The largest absolute Gasteiger partial charge is 0.501 e. The van der Waals surface area contributed by atoms with Crippen LogP contribution >= 0.6 is 0 Å². The lowest BCUT2D eigenvalue weighted by atomic mass is 9.94. The molecule has 0 amide bonds. The van der Waals surface area contributed by atoms with Crippen LogP contribution in [-0.2, 0) is 16.3 Å². The second kappa shape index (κ2) is 8.27. The number of sulfone groups is 1. The number of ether oxygens (including phenoxy) is 1. The van der Waals surface area contributed by atoms with E-state index in [0.717, 1.165) is 55.7 Å². The monoisotopic (exact) mass is 429 g/mol. The number of benzene rings is 1. The maximum absolute atomic E-state index is 12.8. The standard InChI is InChI=1S/C19H22F3N3O3S/c1-12-8-14(9-13-4-3-7-23-11-13)24-25-18(12)16-6-5-15(10-17(16)28-2)29(26,27)19(20,21)22/h5-6,8,10,13,23H,3-4,7,9,11H2,1-2H3/t13-/m0/s1. The number of nitrogens with one attached hydrogen (secondary N) is 1. The molecule has 1 N–H and O–H groups in total. The Hall–Kier alpha value is -2.20. The lowest BCUT2D eigenvalue weighted by Gasteiger charge is -2.22. The Morgan fingerprint density at radius 2 is 2.00 bits per heavy atom. The number of halogens is 3. The molecule has 0 spiro atoms. The van der Waals surface area contributed by atoms with Gasteiger partial charge in [0.05, 0.1) is 23.4 Å². The topological polar surface area (TPSA) is 81.2 Å².